The van der Waals surface area contributed by atoms with Gasteiger partial charge in [0.2, 0.25) is 0 Å². The summed E-state index contributed by atoms with van der Waals surface area (Å²) in [5.74, 6) is -2.01. The van der Waals surface area contributed by atoms with Gasteiger partial charge in [-0.2, -0.15) is 0 Å². The number of amides is 2. The topological polar surface area (TPSA) is 79.8 Å². The predicted molar refractivity (Wildman–Crippen MR) is 89.0 cm³/mol. The Morgan fingerprint density at radius 1 is 1.28 bits per heavy atom. The molecule has 0 atom stereocenters. The van der Waals surface area contributed by atoms with Gasteiger partial charge in [0.25, 0.3) is 11.8 Å². The van der Waals surface area contributed by atoms with Crippen LogP contribution in [0.2, 0.25) is 0 Å². The van der Waals surface area contributed by atoms with Crippen LogP contribution in [0.25, 0.3) is 0 Å². The van der Waals surface area contributed by atoms with Gasteiger partial charge in [-0.1, -0.05) is 12.1 Å². The Bertz CT molecular complexity index is 644. The molecule has 0 bridgehead atoms. The number of oxime groups is 1. The van der Waals surface area contributed by atoms with Gasteiger partial charge in [0, 0.05) is 12.1 Å². The van der Waals surface area contributed by atoms with E-state index in [9.17, 15) is 18.4 Å². The zero-order valence-electron chi connectivity index (χ0n) is 13.9. The number of nitrogens with zero attached hydrogens (tertiary/aromatic N) is 1. The molecule has 0 radical (unpaired) electrons. The fourth-order valence-electron chi connectivity index (χ4n) is 2.61. The zero-order valence-corrected chi connectivity index (χ0v) is 13.9. The smallest absolute Gasteiger partial charge is 0.270 e. The van der Waals surface area contributed by atoms with Crippen LogP contribution < -0.4 is 10.6 Å². The zero-order chi connectivity index (χ0) is 18.2. The van der Waals surface area contributed by atoms with Crippen LogP contribution in [0.4, 0.5) is 14.5 Å². The lowest BCUT2D eigenvalue weighted by molar-refractivity contribution is -0.126. The molecule has 1 fully saturated rings. The number of rotatable bonds is 6. The van der Waals surface area contributed by atoms with E-state index < -0.39 is 17.5 Å². The van der Waals surface area contributed by atoms with Gasteiger partial charge in [-0.25, -0.2) is 8.78 Å². The Morgan fingerprint density at radius 3 is 2.68 bits per heavy atom. The van der Waals surface area contributed by atoms with E-state index in [-0.39, 0.29) is 24.2 Å². The standard InChI is InChI=1S/C17H21F2N3O3/c1-11-2-5-13(6-3-11)21-17(24)10-25-20-9-16(23)22-15-7-4-12(18)8-14(15)19/h4,7-9,11,13H,2-3,5-6,10H2,1H3,(H,21,24)(H,22,23)/b20-9+. The molecule has 1 aromatic rings. The van der Waals surface area contributed by atoms with Gasteiger partial charge in [-0.3, -0.25) is 9.59 Å². The Balaban J connectivity index is 1.68. The number of hydrogen-bond acceptors (Lipinski definition) is 4. The maximum absolute atomic E-state index is 13.4. The van der Waals surface area contributed by atoms with Crippen molar-refractivity contribution in [3.05, 3.63) is 29.8 Å². The van der Waals surface area contributed by atoms with Crippen molar-refractivity contribution < 1.29 is 23.2 Å². The van der Waals surface area contributed by atoms with E-state index in [1.165, 1.54) is 0 Å². The minimum Gasteiger partial charge on any atom is -0.386 e. The van der Waals surface area contributed by atoms with Gasteiger partial charge < -0.3 is 15.5 Å². The second-order valence-electron chi connectivity index (χ2n) is 6.15. The SMILES string of the molecule is CC1CCC(NC(=O)CO/N=C/C(=O)Nc2ccc(F)cc2F)CC1. The molecule has 0 aromatic heterocycles. The van der Waals surface area contributed by atoms with Gasteiger partial charge in [0.15, 0.2) is 6.61 Å². The Kier molecular flexibility index (Phi) is 6.85. The molecule has 25 heavy (non-hydrogen) atoms. The van der Waals surface area contributed by atoms with E-state index in [2.05, 4.69) is 22.7 Å². The second kappa shape index (κ2) is 9.10. The van der Waals surface area contributed by atoms with Crippen molar-refractivity contribution in [3.8, 4) is 0 Å². The molecule has 8 heteroatoms. The molecule has 2 rings (SSSR count). The number of carbonyl (C=O) groups excluding carboxylic acids is 2. The van der Waals surface area contributed by atoms with Gasteiger partial charge in [0.1, 0.15) is 17.8 Å². The lowest BCUT2D eigenvalue weighted by atomic mass is 9.87. The van der Waals surface area contributed by atoms with E-state index in [1.807, 2.05) is 0 Å². The second-order valence-corrected chi connectivity index (χ2v) is 6.15. The number of carbonyl (C=O) groups is 2. The van der Waals surface area contributed by atoms with E-state index in [1.54, 1.807) is 0 Å². The molecule has 0 saturated heterocycles. The summed E-state index contributed by atoms with van der Waals surface area (Å²) >= 11 is 0. The quantitative estimate of drug-likeness (QED) is 0.609. The van der Waals surface area contributed by atoms with Crippen molar-refractivity contribution >= 4 is 23.7 Å². The molecule has 0 heterocycles. The molecule has 1 aliphatic rings. The lowest BCUT2D eigenvalue weighted by Gasteiger charge is -2.26. The minimum absolute atomic E-state index is 0.154. The van der Waals surface area contributed by atoms with E-state index >= 15 is 0 Å². The number of halogens is 2. The first-order valence-electron chi connectivity index (χ1n) is 8.14. The molecule has 6 nitrogen and oxygen atoms in total. The lowest BCUT2D eigenvalue weighted by Crippen LogP contribution is -2.39. The van der Waals surface area contributed by atoms with Gasteiger partial charge in [-0.05, 0) is 43.7 Å². The summed E-state index contributed by atoms with van der Waals surface area (Å²) in [7, 11) is 0. The third-order valence-electron chi connectivity index (χ3n) is 4.01. The third-order valence-corrected chi connectivity index (χ3v) is 4.01. The molecular formula is C17H21F2N3O3. The van der Waals surface area contributed by atoms with Crippen LogP contribution in [-0.2, 0) is 14.4 Å². The first kappa shape index (κ1) is 18.8. The maximum Gasteiger partial charge on any atom is 0.270 e. The summed E-state index contributed by atoms with van der Waals surface area (Å²) in [4.78, 5) is 28.0. The molecular weight excluding hydrogens is 332 g/mol. The van der Waals surface area contributed by atoms with Crippen LogP contribution in [0.15, 0.2) is 23.4 Å². The number of hydrogen-bond donors (Lipinski definition) is 2. The monoisotopic (exact) mass is 353 g/mol. The summed E-state index contributed by atoms with van der Waals surface area (Å²) in [5.41, 5.74) is -0.179. The highest BCUT2D eigenvalue weighted by molar-refractivity contribution is 6.31. The third kappa shape index (κ3) is 6.48. The molecule has 1 aliphatic carbocycles. The van der Waals surface area contributed by atoms with Crippen molar-refractivity contribution in [1.82, 2.24) is 5.32 Å². The first-order valence-corrected chi connectivity index (χ1v) is 8.14. The summed E-state index contributed by atoms with van der Waals surface area (Å²) < 4.78 is 26.1. The van der Waals surface area contributed by atoms with Crippen LogP contribution in [0.3, 0.4) is 0 Å². The molecule has 0 unspecified atom stereocenters. The summed E-state index contributed by atoms with van der Waals surface area (Å²) in [5, 5.41) is 8.41. The molecule has 2 amide bonds. The molecule has 0 spiro atoms. The van der Waals surface area contributed by atoms with Gasteiger partial charge in [-0.15, -0.1) is 0 Å². The van der Waals surface area contributed by atoms with Gasteiger partial charge in [0.05, 0.1) is 5.69 Å². The molecule has 136 valence electrons. The fourth-order valence-corrected chi connectivity index (χ4v) is 2.61. The molecule has 2 N–H and O–H groups in total. The van der Waals surface area contributed by atoms with Crippen LogP contribution >= 0.6 is 0 Å². The highest BCUT2D eigenvalue weighted by Crippen LogP contribution is 2.23. The molecule has 0 aliphatic heterocycles. The highest BCUT2D eigenvalue weighted by Gasteiger charge is 2.19. The average Bonchev–Trinajstić information content (AvgIpc) is 2.56. The van der Waals surface area contributed by atoms with Crippen molar-refractivity contribution in [3.63, 3.8) is 0 Å². The van der Waals surface area contributed by atoms with Crippen molar-refractivity contribution in [2.45, 2.75) is 38.6 Å². The van der Waals surface area contributed by atoms with Crippen molar-refractivity contribution in [2.24, 2.45) is 11.1 Å². The minimum atomic E-state index is -0.899. The Hall–Kier alpha value is -2.51. The largest absolute Gasteiger partial charge is 0.386 e. The maximum atomic E-state index is 13.4. The van der Waals surface area contributed by atoms with Crippen molar-refractivity contribution in [2.75, 3.05) is 11.9 Å². The normalized spacial score (nSPS) is 20.3. The Morgan fingerprint density at radius 2 is 2.00 bits per heavy atom. The molecule has 1 saturated carbocycles. The number of nitrogens with one attached hydrogen (secondary N) is 2. The molecule has 1 aromatic carbocycles. The van der Waals surface area contributed by atoms with Crippen LogP contribution in [-0.4, -0.2) is 30.7 Å². The number of benzene rings is 1. The van der Waals surface area contributed by atoms with Gasteiger partial charge >= 0.3 is 0 Å². The van der Waals surface area contributed by atoms with E-state index in [0.717, 1.165) is 44.0 Å². The highest BCUT2D eigenvalue weighted by atomic mass is 19.1. The van der Waals surface area contributed by atoms with Crippen LogP contribution in [0, 0.1) is 17.6 Å². The average molecular weight is 353 g/mol. The van der Waals surface area contributed by atoms with Crippen LogP contribution in [0.1, 0.15) is 32.6 Å². The number of anilines is 1. The fraction of sp³-hybridized carbons (Fsp3) is 0.471. The van der Waals surface area contributed by atoms with E-state index in [4.69, 9.17) is 4.84 Å². The van der Waals surface area contributed by atoms with E-state index in [0.29, 0.717) is 12.0 Å². The Labute approximate surface area is 144 Å². The van der Waals surface area contributed by atoms with Crippen LogP contribution in [0.5, 0.6) is 0 Å². The predicted octanol–water partition coefficient (Wildman–Crippen LogP) is 2.60. The summed E-state index contributed by atoms with van der Waals surface area (Å²) in [6, 6.07) is 2.92. The summed E-state index contributed by atoms with van der Waals surface area (Å²) in [6.45, 7) is 1.89. The summed E-state index contributed by atoms with van der Waals surface area (Å²) in [6.07, 6.45) is 4.84. The first-order chi connectivity index (χ1) is 11.9. The van der Waals surface area contributed by atoms with Crippen molar-refractivity contribution in [1.29, 1.82) is 0 Å².